The average Bonchev–Trinajstić information content (AvgIpc) is 3.10. The maximum atomic E-state index is 12.7. The van der Waals surface area contributed by atoms with E-state index in [0.717, 1.165) is 12.3 Å². The first-order valence-electron chi connectivity index (χ1n) is 7.42. The molecule has 0 spiro atoms. The third-order valence-corrected chi connectivity index (χ3v) is 5.08. The van der Waals surface area contributed by atoms with Crippen molar-refractivity contribution in [1.82, 2.24) is 9.97 Å². The van der Waals surface area contributed by atoms with Gasteiger partial charge < -0.3 is 9.97 Å². The highest BCUT2D eigenvalue weighted by atomic mass is 16.2. The fraction of sp³-hybridized carbons (Fsp3) is 0.438. The molecule has 2 aliphatic carbocycles. The summed E-state index contributed by atoms with van der Waals surface area (Å²) in [5.74, 6) is 1.57. The Hall–Kier alpha value is -2.17. The van der Waals surface area contributed by atoms with E-state index in [9.17, 15) is 14.4 Å². The number of nitrogens with one attached hydrogen (secondary N) is 2. The fourth-order valence-corrected chi connectivity index (χ4v) is 4.05. The zero-order valence-corrected chi connectivity index (χ0v) is 11.5. The van der Waals surface area contributed by atoms with E-state index in [-0.39, 0.29) is 11.7 Å². The van der Waals surface area contributed by atoms with Crippen LogP contribution in [0.1, 0.15) is 36.0 Å². The average molecular weight is 284 g/mol. The zero-order valence-electron chi connectivity index (χ0n) is 11.5. The minimum absolute atomic E-state index is 0.135. The lowest BCUT2D eigenvalue weighted by molar-refractivity contribution is 0.0875. The molecule has 2 aliphatic rings. The summed E-state index contributed by atoms with van der Waals surface area (Å²) in [5.41, 5.74) is 0.321. The van der Waals surface area contributed by atoms with Crippen molar-refractivity contribution in [2.75, 3.05) is 0 Å². The molecular weight excluding hydrogens is 268 g/mol. The lowest BCUT2D eigenvalue weighted by atomic mass is 9.83. The van der Waals surface area contributed by atoms with E-state index in [1.54, 1.807) is 18.2 Å². The first-order chi connectivity index (χ1) is 10.1. The Kier molecular flexibility index (Phi) is 2.64. The number of rotatable bonds is 2. The predicted molar refractivity (Wildman–Crippen MR) is 78.5 cm³/mol. The summed E-state index contributed by atoms with van der Waals surface area (Å²) in [5, 5.41) is 0. The minimum Gasteiger partial charge on any atom is -0.316 e. The SMILES string of the molecule is O=C(c1ccc2[nH]c(=O)c(=O)[nH]c2c1)C1CC2CCC1C2. The van der Waals surface area contributed by atoms with Gasteiger partial charge in [-0.3, -0.25) is 14.4 Å². The largest absolute Gasteiger partial charge is 0.316 e. The van der Waals surface area contributed by atoms with Crippen LogP contribution in [-0.4, -0.2) is 15.8 Å². The molecule has 1 aromatic heterocycles. The number of aromatic amines is 2. The molecule has 5 nitrogen and oxygen atoms in total. The summed E-state index contributed by atoms with van der Waals surface area (Å²) < 4.78 is 0. The summed E-state index contributed by atoms with van der Waals surface area (Å²) in [6.07, 6.45) is 4.62. The van der Waals surface area contributed by atoms with Crippen LogP contribution < -0.4 is 11.1 Å². The summed E-state index contributed by atoms with van der Waals surface area (Å²) in [4.78, 5) is 40.4. The number of hydrogen-bond acceptors (Lipinski definition) is 3. The summed E-state index contributed by atoms with van der Waals surface area (Å²) in [7, 11) is 0. The summed E-state index contributed by atoms with van der Waals surface area (Å²) in [6, 6.07) is 5.11. The third-order valence-electron chi connectivity index (χ3n) is 5.08. The summed E-state index contributed by atoms with van der Waals surface area (Å²) in [6.45, 7) is 0. The van der Waals surface area contributed by atoms with Crippen LogP contribution in [0.4, 0.5) is 0 Å². The van der Waals surface area contributed by atoms with E-state index in [4.69, 9.17) is 0 Å². The third kappa shape index (κ3) is 1.95. The molecule has 2 fully saturated rings. The molecule has 21 heavy (non-hydrogen) atoms. The molecule has 0 saturated heterocycles. The van der Waals surface area contributed by atoms with E-state index in [1.807, 2.05) is 0 Å². The second kappa shape index (κ2) is 4.41. The van der Waals surface area contributed by atoms with Crippen molar-refractivity contribution in [1.29, 1.82) is 0 Å². The van der Waals surface area contributed by atoms with E-state index in [0.29, 0.717) is 22.5 Å². The van der Waals surface area contributed by atoms with Crippen molar-refractivity contribution in [3.8, 4) is 0 Å². The number of aromatic nitrogens is 2. The quantitative estimate of drug-likeness (QED) is 0.652. The van der Waals surface area contributed by atoms with Crippen LogP contribution in [0.15, 0.2) is 27.8 Å². The van der Waals surface area contributed by atoms with Gasteiger partial charge in [0.15, 0.2) is 5.78 Å². The first-order valence-corrected chi connectivity index (χ1v) is 7.42. The number of carbonyl (C=O) groups is 1. The topological polar surface area (TPSA) is 82.8 Å². The van der Waals surface area contributed by atoms with Gasteiger partial charge >= 0.3 is 11.1 Å². The van der Waals surface area contributed by atoms with Gasteiger partial charge in [0.05, 0.1) is 11.0 Å². The van der Waals surface area contributed by atoms with Crippen LogP contribution in [0.2, 0.25) is 0 Å². The Bertz CT molecular complexity index is 848. The number of hydrogen-bond donors (Lipinski definition) is 2. The smallest absolute Gasteiger partial charge is 0.314 e. The molecule has 2 saturated carbocycles. The molecule has 2 aromatic rings. The highest BCUT2D eigenvalue weighted by Gasteiger charge is 2.43. The molecule has 4 rings (SSSR count). The second-order valence-corrected chi connectivity index (χ2v) is 6.31. The van der Waals surface area contributed by atoms with Crippen LogP contribution >= 0.6 is 0 Å². The van der Waals surface area contributed by atoms with Crippen molar-refractivity contribution in [3.05, 3.63) is 44.5 Å². The Morgan fingerprint density at radius 1 is 1.00 bits per heavy atom. The standard InChI is InChI=1S/C16H16N2O3/c19-14(11-6-8-1-2-9(11)5-8)10-3-4-12-13(7-10)18-16(21)15(20)17-12/h3-4,7-9,11H,1-2,5-6H2,(H,17,20)(H,18,21). The predicted octanol–water partition coefficient (Wildman–Crippen LogP) is 1.84. The lowest BCUT2D eigenvalue weighted by Gasteiger charge is -2.20. The number of benzene rings is 1. The monoisotopic (exact) mass is 284 g/mol. The Balaban J connectivity index is 1.73. The van der Waals surface area contributed by atoms with E-state index >= 15 is 0 Å². The van der Waals surface area contributed by atoms with Crippen LogP contribution in [0.5, 0.6) is 0 Å². The molecule has 3 atom stereocenters. The molecule has 0 amide bonds. The van der Waals surface area contributed by atoms with Crippen molar-refractivity contribution >= 4 is 16.8 Å². The Morgan fingerprint density at radius 3 is 2.43 bits per heavy atom. The molecule has 0 radical (unpaired) electrons. The number of fused-ring (bicyclic) bond motifs is 3. The number of H-pyrrole nitrogens is 2. The maximum absolute atomic E-state index is 12.7. The van der Waals surface area contributed by atoms with Gasteiger partial charge in [-0.15, -0.1) is 0 Å². The van der Waals surface area contributed by atoms with Crippen molar-refractivity contribution in [2.45, 2.75) is 25.7 Å². The van der Waals surface area contributed by atoms with E-state index < -0.39 is 11.1 Å². The molecule has 0 aliphatic heterocycles. The highest BCUT2D eigenvalue weighted by Crippen LogP contribution is 2.49. The Morgan fingerprint density at radius 2 is 1.76 bits per heavy atom. The second-order valence-electron chi connectivity index (χ2n) is 6.31. The molecule has 3 unspecified atom stereocenters. The lowest BCUT2D eigenvalue weighted by Crippen LogP contribution is -2.29. The van der Waals surface area contributed by atoms with Gasteiger partial charge in [-0.25, -0.2) is 0 Å². The normalized spacial score (nSPS) is 27.3. The first kappa shape index (κ1) is 12.6. The number of ketones is 1. The fourth-order valence-electron chi connectivity index (χ4n) is 4.05. The molecule has 1 heterocycles. The van der Waals surface area contributed by atoms with Crippen LogP contribution in [0.25, 0.3) is 11.0 Å². The molecule has 5 heteroatoms. The van der Waals surface area contributed by atoms with Gasteiger partial charge in [0.1, 0.15) is 0 Å². The van der Waals surface area contributed by atoms with Crippen LogP contribution in [-0.2, 0) is 0 Å². The molecule has 2 bridgehead atoms. The Labute approximate surface area is 120 Å². The van der Waals surface area contributed by atoms with Gasteiger partial charge in [-0.1, -0.05) is 6.42 Å². The molecular formula is C16H16N2O3. The van der Waals surface area contributed by atoms with E-state index in [2.05, 4.69) is 9.97 Å². The van der Waals surface area contributed by atoms with Gasteiger partial charge in [0.2, 0.25) is 0 Å². The van der Waals surface area contributed by atoms with Gasteiger partial charge in [-0.2, -0.15) is 0 Å². The molecule has 108 valence electrons. The van der Waals surface area contributed by atoms with Crippen molar-refractivity contribution in [3.63, 3.8) is 0 Å². The van der Waals surface area contributed by atoms with Gasteiger partial charge in [0.25, 0.3) is 0 Å². The van der Waals surface area contributed by atoms with E-state index in [1.165, 1.54) is 19.3 Å². The molecule has 2 N–H and O–H groups in total. The van der Waals surface area contributed by atoms with Crippen LogP contribution in [0.3, 0.4) is 0 Å². The van der Waals surface area contributed by atoms with Gasteiger partial charge in [0, 0.05) is 11.5 Å². The minimum atomic E-state index is -0.688. The molecule has 1 aromatic carbocycles. The number of carbonyl (C=O) groups excluding carboxylic acids is 1. The highest BCUT2D eigenvalue weighted by molar-refractivity contribution is 6.00. The summed E-state index contributed by atoms with van der Waals surface area (Å²) >= 11 is 0. The van der Waals surface area contributed by atoms with Crippen molar-refractivity contribution < 1.29 is 4.79 Å². The number of Topliss-reactive ketones (excluding diaryl/α,β-unsaturated/α-hetero) is 1. The zero-order chi connectivity index (χ0) is 14.6. The van der Waals surface area contributed by atoms with Gasteiger partial charge in [-0.05, 0) is 49.3 Å². The maximum Gasteiger partial charge on any atom is 0.314 e. The van der Waals surface area contributed by atoms with Crippen LogP contribution in [0, 0.1) is 17.8 Å². The van der Waals surface area contributed by atoms with Crippen molar-refractivity contribution in [2.24, 2.45) is 17.8 Å².